The molecule has 5 heteroatoms. The first kappa shape index (κ1) is 13.4. The third-order valence-electron chi connectivity index (χ3n) is 2.82. The van der Waals surface area contributed by atoms with Gasteiger partial charge in [-0.2, -0.15) is 11.3 Å². The monoisotopic (exact) mass is 276 g/mol. The molecule has 1 unspecified atom stereocenters. The van der Waals surface area contributed by atoms with Crippen LogP contribution in [0.5, 0.6) is 0 Å². The summed E-state index contributed by atoms with van der Waals surface area (Å²) in [5.41, 5.74) is 8.57. The zero-order valence-electron chi connectivity index (χ0n) is 10.6. The lowest BCUT2D eigenvalue weighted by atomic mass is 10.1. The predicted molar refractivity (Wildman–Crippen MR) is 78.9 cm³/mol. The Morgan fingerprint density at radius 2 is 2.26 bits per heavy atom. The number of benzene rings is 1. The Bertz CT molecular complexity index is 567. The first-order valence-electron chi connectivity index (χ1n) is 5.96. The number of thiophene rings is 1. The highest BCUT2D eigenvalue weighted by molar-refractivity contribution is 7.07. The molecule has 0 spiro atoms. The van der Waals surface area contributed by atoms with Crippen LogP contribution in [0.4, 0.5) is 11.4 Å². The summed E-state index contributed by atoms with van der Waals surface area (Å²) in [5, 5.41) is 16.4. The van der Waals surface area contributed by atoms with Crippen molar-refractivity contribution in [2.75, 3.05) is 11.1 Å². The molecule has 2 aromatic rings. The van der Waals surface area contributed by atoms with Crippen LogP contribution in [0.1, 0.15) is 22.8 Å². The maximum Gasteiger partial charge on any atom is 0.335 e. The van der Waals surface area contributed by atoms with E-state index in [4.69, 9.17) is 10.8 Å². The molecule has 0 aliphatic carbocycles. The van der Waals surface area contributed by atoms with Gasteiger partial charge < -0.3 is 16.2 Å². The standard InChI is InChI=1S/C14H16N2O2S/c1-9(6-10-4-5-19-8-10)16-13-3-2-11(14(17)18)7-12(13)15/h2-5,7-9,16H,6,15H2,1H3,(H,17,18). The molecule has 1 aromatic heterocycles. The smallest absolute Gasteiger partial charge is 0.335 e. The number of rotatable bonds is 5. The van der Waals surface area contributed by atoms with Crippen molar-refractivity contribution in [1.29, 1.82) is 0 Å². The highest BCUT2D eigenvalue weighted by Crippen LogP contribution is 2.21. The fraction of sp³-hybridized carbons (Fsp3) is 0.214. The molecule has 4 nitrogen and oxygen atoms in total. The number of hydrogen-bond donors (Lipinski definition) is 3. The molecule has 1 heterocycles. The van der Waals surface area contributed by atoms with E-state index in [9.17, 15) is 4.79 Å². The van der Waals surface area contributed by atoms with Gasteiger partial charge in [0.1, 0.15) is 0 Å². The number of carboxylic acid groups (broad SMARTS) is 1. The van der Waals surface area contributed by atoms with Gasteiger partial charge in [0.05, 0.1) is 16.9 Å². The van der Waals surface area contributed by atoms with Gasteiger partial charge in [-0.3, -0.25) is 0 Å². The van der Waals surface area contributed by atoms with E-state index in [0.29, 0.717) is 5.69 Å². The SMILES string of the molecule is CC(Cc1ccsc1)Nc1ccc(C(=O)O)cc1N. The molecule has 0 aliphatic rings. The first-order chi connectivity index (χ1) is 9.06. The Balaban J connectivity index is 2.04. The summed E-state index contributed by atoms with van der Waals surface area (Å²) in [6, 6.07) is 7.07. The van der Waals surface area contributed by atoms with Crippen molar-refractivity contribution in [3.63, 3.8) is 0 Å². The molecule has 2 rings (SSSR count). The summed E-state index contributed by atoms with van der Waals surface area (Å²) in [6.45, 7) is 2.07. The number of aromatic carboxylic acids is 1. The van der Waals surface area contributed by atoms with E-state index in [2.05, 4.69) is 29.1 Å². The molecule has 4 N–H and O–H groups in total. The van der Waals surface area contributed by atoms with E-state index in [0.717, 1.165) is 12.1 Å². The van der Waals surface area contributed by atoms with Crippen LogP contribution < -0.4 is 11.1 Å². The number of nitrogen functional groups attached to an aromatic ring is 1. The number of nitrogens with one attached hydrogen (secondary N) is 1. The highest BCUT2D eigenvalue weighted by atomic mass is 32.1. The molecular weight excluding hydrogens is 260 g/mol. The third-order valence-corrected chi connectivity index (χ3v) is 3.55. The summed E-state index contributed by atoms with van der Waals surface area (Å²) in [5.74, 6) is -0.968. The molecule has 0 bridgehead atoms. The van der Waals surface area contributed by atoms with Crippen molar-refractivity contribution < 1.29 is 9.90 Å². The second kappa shape index (κ2) is 5.75. The molecule has 100 valence electrons. The average Bonchev–Trinajstić information content (AvgIpc) is 2.84. The zero-order valence-corrected chi connectivity index (χ0v) is 11.4. The van der Waals surface area contributed by atoms with E-state index in [-0.39, 0.29) is 11.6 Å². The molecule has 0 amide bonds. The van der Waals surface area contributed by atoms with Crippen molar-refractivity contribution in [1.82, 2.24) is 0 Å². The van der Waals surface area contributed by atoms with Gasteiger partial charge in [0.2, 0.25) is 0 Å². The van der Waals surface area contributed by atoms with Crippen LogP contribution >= 0.6 is 11.3 Å². The second-order valence-electron chi connectivity index (χ2n) is 4.49. The molecule has 0 aliphatic heterocycles. The van der Waals surface area contributed by atoms with Crippen molar-refractivity contribution in [2.24, 2.45) is 0 Å². The van der Waals surface area contributed by atoms with E-state index in [1.165, 1.54) is 11.6 Å². The molecule has 0 fully saturated rings. The minimum Gasteiger partial charge on any atom is -0.478 e. The molecule has 0 saturated heterocycles. The number of hydrogen-bond acceptors (Lipinski definition) is 4. The molecule has 19 heavy (non-hydrogen) atoms. The first-order valence-corrected chi connectivity index (χ1v) is 6.91. The van der Waals surface area contributed by atoms with Crippen molar-refractivity contribution in [2.45, 2.75) is 19.4 Å². The Morgan fingerprint density at radius 3 is 2.84 bits per heavy atom. The van der Waals surface area contributed by atoms with Crippen LogP contribution in [0.15, 0.2) is 35.0 Å². The largest absolute Gasteiger partial charge is 0.478 e. The topological polar surface area (TPSA) is 75.3 Å². The van der Waals surface area contributed by atoms with E-state index < -0.39 is 5.97 Å². The van der Waals surface area contributed by atoms with Gasteiger partial charge >= 0.3 is 5.97 Å². The van der Waals surface area contributed by atoms with Crippen LogP contribution in [-0.2, 0) is 6.42 Å². The van der Waals surface area contributed by atoms with Crippen LogP contribution in [0.25, 0.3) is 0 Å². The molecule has 0 radical (unpaired) electrons. The fourth-order valence-electron chi connectivity index (χ4n) is 1.91. The Kier molecular flexibility index (Phi) is 4.06. The van der Waals surface area contributed by atoms with Crippen molar-refractivity contribution in [3.05, 3.63) is 46.2 Å². The molecule has 0 saturated carbocycles. The molecule has 1 aromatic carbocycles. The lowest BCUT2D eigenvalue weighted by Gasteiger charge is -2.16. The fourth-order valence-corrected chi connectivity index (χ4v) is 2.59. The minimum absolute atomic E-state index is 0.202. The average molecular weight is 276 g/mol. The van der Waals surface area contributed by atoms with E-state index in [1.54, 1.807) is 23.5 Å². The minimum atomic E-state index is -0.968. The maximum atomic E-state index is 10.8. The Morgan fingerprint density at radius 1 is 1.47 bits per heavy atom. The van der Waals surface area contributed by atoms with Gasteiger partial charge in [0.15, 0.2) is 0 Å². The van der Waals surface area contributed by atoms with Crippen LogP contribution in [0.3, 0.4) is 0 Å². The lowest BCUT2D eigenvalue weighted by Crippen LogP contribution is -2.18. The summed E-state index contributed by atoms with van der Waals surface area (Å²) < 4.78 is 0. The maximum absolute atomic E-state index is 10.8. The molecule has 1 atom stereocenters. The summed E-state index contributed by atoms with van der Waals surface area (Å²) >= 11 is 1.68. The Labute approximate surface area is 115 Å². The van der Waals surface area contributed by atoms with Gasteiger partial charge in [-0.25, -0.2) is 4.79 Å². The van der Waals surface area contributed by atoms with Crippen LogP contribution in [-0.4, -0.2) is 17.1 Å². The number of anilines is 2. The third kappa shape index (κ3) is 3.48. The number of nitrogens with two attached hydrogens (primary N) is 1. The summed E-state index contributed by atoms with van der Waals surface area (Å²) in [7, 11) is 0. The van der Waals surface area contributed by atoms with Crippen LogP contribution in [0.2, 0.25) is 0 Å². The lowest BCUT2D eigenvalue weighted by molar-refractivity contribution is 0.0697. The Hall–Kier alpha value is -2.01. The van der Waals surface area contributed by atoms with Gasteiger partial charge in [-0.15, -0.1) is 0 Å². The van der Waals surface area contributed by atoms with Gasteiger partial charge in [0, 0.05) is 6.04 Å². The van der Waals surface area contributed by atoms with E-state index in [1.807, 2.05) is 0 Å². The van der Waals surface area contributed by atoms with Gasteiger partial charge in [-0.05, 0) is 53.9 Å². The second-order valence-corrected chi connectivity index (χ2v) is 5.27. The normalized spacial score (nSPS) is 12.1. The van der Waals surface area contributed by atoms with Gasteiger partial charge in [-0.1, -0.05) is 0 Å². The van der Waals surface area contributed by atoms with Gasteiger partial charge in [0.25, 0.3) is 0 Å². The summed E-state index contributed by atoms with van der Waals surface area (Å²) in [6.07, 6.45) is 0.906. The van der Waals surface area contributed by atoms with Crippen molar-refractivity contribution in [3.8, 4) is 0 Å². The van der Waals surface area contributed by atoms with Crippen molar-refractivity contribution >= 4 is 28.7 Å². The van der Waals surface area contributed by atoms with E-state index >= 15 is 0 Å². The summed E-state index contributed by atoms with van der Waals surface area (Å²) in [4.78, 5) is 10.8. The zero-order chi connectivity index (χ0) is 13.8. The van der Waals surface area contributed by atoms with Crippen LogP contribution in [0, 0.1) is 0 Å². The quantitative estimate of drug-likeness (QED) is 0.734. The predicted octanol–water partition coefficient (Wildman–Crippen LogP) is 3.07. The number of carbonyl (C=O) groups is 1. The number of carboxylic acids is 1. The molecular formula is C14H16N2O2S. The highest BCUT2D eigenvalue weighted by Gasteiger charge is 2.09.